The third kappa shape index (κ3) is 4.17. The second kappa shape index (κ2) is 7.96. The first-order valence-electron chi connectivity index (χ1n) is 8.02. The zero-order valence-corrected chi connectivity index (χ0v) is 12.6. The molecular formula is C15H28N2O3. The minimum atomic E-state index is -0.262. The maximum absolute atomic E-state index is 12.5. The van der Waals surface area contributed by atoms with Crippen molar-refractivity contribution in [1.29, 1.82) is 0 Å². The second-order valence-electron chi connectivity index (χ2n) is 5.83. The first kappa shape index (κ1) is 15.7. The molecule has 0 radical (unpaired) electrons. The van der Waals surface area contributed by atoms with E-state index in [0.29, 0.717) is 12.6 Å². The average Bonchev–Trinajstić information content (AvgIpc) is 2.98. The molecule has 20 heavy (non-hydrogen) atoms. The highest BCUT2D eigenvalue weighted by Gasteiger charge is 2.29. The zero-order chi connectivity index (χ0) is 14.4. The summed E-state index contributed by atoms with van der Waals surface area (Å²) in [5, 5.41) is 8.94. The molecule has 116 valence electrons. The molecule has 2 fully saturated rings. The van der Waals surface area contributed by atoms with Crippen LogP contribution in [0.25, 0.3) is 0 Å². The summed E-state index contributed by atoms with van der Waals surface area (Å²) >= 11 is 0. The highest BCUT2D eigenvalue weighted by molar-refractivity contribution is 5.81. The summed E-state index contributed by atoms with van der Waals surface area (Å²) < 4.78 is 6.01. The van der Waals surface area contributed by atoms with Crippen LogP contribution in [0.3, 0.4) is 0 Å². The van der Waals surface area contributed by atoms with E-state index in [4.69, 9.17) is 9.84 Å². The molecule has 5 nitrogen and oxygen atoms in total. The number of piperazine rings is 1. The molecule has 1 heterocycles. The van der Waals surface area contributed by atoms with E-state index in [1.165, 1.54) is 12.8 Å². The molecule has 0 aromatic heterocycles. The Morgan fingerprint density at radius 3 is 2.45 bits per heavy atom. The highest BCUT2D eigenvalue weighted by Crippen LogP contribution is 2.23. The van der Waals surface area contributed by atoms with Crippen LogP contribution in [0.2, 0.25) is 0 Å². The van der Waals surface area contributed by atoms with E-state index in [0.717, 1.165) is 45.4 Å². The van der Waals surface area contributed by atoms with Crippen molar-refractivity contribution in [2.24, 2.45) is 0 Å². The van der Waals surface area contributed by atoms with E-state index in [2.05, 4.69) is 4.90 Å². The molecule has 1 saturated carbocycles. The Morgan fingerprint density at radius 2 is 1.90 bits per heavy atom. The van der Waals surface area contributed by atoms with Crippen molar-refractivity contribution in [1.82, 2.24) is 9.80 Å². The molecule has 2 rings (SSSR count). The molecule has 1 amide bonds. The van der Waals surface area contributed by atoms with Gasteiger partial charge in [-0.3, -0.25) is 9.69 Å². The van der Waals surface area contributed by atoms with Gasteiger partial charge in [-0.15, -0.1) is 0 Å². The number of ether oxygens (including phenoxy) is 1. The van der Waals surface area contributed by atoms with Gasteiger partial charge in [-0.2, -0.15) is 0 Å². The number of aliphatic hydroxyl groups is 1. The molecule has 1 aliphatic heterocycles. The van der Waals surface area contributed by atoms with E-state index in [-0.39, 0.29) is 18.6 Å². The van der Waals surface area contributed by atoms with Gasteiger partial charge in [-0.1, -0.05) is 19.8 Å². The summed E-state index contributed by atoms with van der Waals surface area (Å²) in [7, 11) is 0. The third-order valence-corrected chi connectivity index (χ3v) is 4.41. The number of hydrogen-bond acceptors (Lipinski definition) is 4. The lowest BCUT2D eigenvalue weighted by atomic mass is 10.2. The second-order valence-corrected chi connectivity index (χ2v) is 5.83. The fourth-order valence-electron chi connectivity index (χ4n) is 3.12. The fourth-order valence-corrected chi connectivity index (χ4v) is 3.12. The summed E-state index contributed by atoms with van der Waals surface area (Å²) in [5.74, 6) is 0.156. The molecule has 0 aromatic carbocycles. The van der Waals surface area contributed by atoms with Gasteiger partial charge in [0, 0.05) is 32.7 Å². The SMILES string of the molecule is CCC(OC1CCCC1)C(=O)N1CCN(CCO)CC1. The molecule has 1 N–H and O–H groups in total. The van der Waals surface area contributed by atoms with Gasteiger partial charge in [0.15, 0.2) is 0 Å². The summed E-state index contributed by atoms with van der Waals surface area (Å²) in [6.45, 7) is 6.14. The fraction of sp³-hybridized carbons (Fsp3) is 0.933. The summed E-state index contributed by atoms with van der Waals surface area (Å²) in [6, 6.07) is 0. The Morgan fingerprint density at radius 1 is 1.25 bits per heavy atom. The van der Waals surface area contributed by atoms with Gasteiger partial charge in [-0.05, 0) is 19.3 Å². The molecule has 0 aromatic rings. The van der Waals surface area contributed by atoms with Gasteiger partial charge in [0.25, 0.3) is 5.91 Å². The molecule has 1 atom stereocenters. The van der Waals surface area contributed by atoms with Crippen molar-refractivity contribution < 1.29 is 14.6 Å². The minimum Gasteiger partial charge on any atom is -0.395 e. The van der Waals surface area contributed by atoms with Crippen LogP contribution < -0.4 is 0 Å². The van der Waals surface area contributed by atoms with Gasteiger partial charge in [-0.25, -0.2) is 0 Å². The first-order chi connectivity index (χ1) is 9.74. The Kier molecular flexibility index (Phi) is 6.26. The highest BCUT2D eigenvalue weighted by atomic mass is 16.5. The van der Waals surface area contributed by atoms with Gasteiger partial charge in [0.1, 0.15) is 6.10 Å². The topological polar surface area (TPSA) is 53.0 Å². The van der Waals surface area contributed by atoms with Crippen molar-refractivity contribution in [3.8, 4) is 0 Å². The van der Waals surface area contributed by atoms with Crippen LogP contribution in [-0.2, 0) is 9.53 Å². The van der Waals surface area contributed by atoms with Crippen LogP contribution in [0.5, 0.6) is 0 Å². The molecule has 5 heteroatoms. The Hall–Kier alpha value is -0.650. The Labute approximate surface area is 121 Å². The normalized spacial score (nSPS) is 23.2. The van der Waals surface area contributed by atoms with Crippen LogP contribution in [0.15, 0.2) is 0 Å². The van der Waals surface area contributed by atoms with Crippen molar-refractivity contribution >= 4 is 5.91 Å². The minimum absolute atomic E-state index is 0.156. The number of carbonyl (C=O) groups is 1. The van der Waals surface area contributed by atoms with Crippen LogP contribution >= 0.6 is 0 Å². The lowest BCUT2D eigenvalue weighted by Crippen LogP contribution is -2.52. The predicted octanol–water partition coefficient (Wildman–Crippen LogP) is 0.861. The van der Waals surface area contributed by atoms with E-state index in [1.54, 1.807) is 0 Å². The molecule has 2 aliphatic rings. The number of amides is 1. The standard InChI is InChI=1S/C15H28N2O3/c1-2-14(20-13-5-3-4-6-13)15(19)17-9-7-16(8-10-17)11-12-18/h13-14,18H,2-12H2,1H3. The molecular weight excluding hydrogens is 256 g/mol. The van der Waals surface area contributed by atoms with Crippen LogP contribution in [0, 0.1) is 0 Å². The number of rotatable bonds is 6. The van der Waals surface area contributed by atoms with Crippen molar-refractivity contribution in [2.45, 2.75) is 51.2 Å². The van der Waals surface area contributed by atoms with Crippen molar-refractivity contribution in [3.63, 3.8) is 0 Å². The van der Waals surface area contributed by atoms with Crippen LogP contribution in [-0.4, -0.2) is 72.4 Å². The van der Waals surface area contributed by atoms with Crippen LogP contribution in [0.4, 0.5) is 0 Å². The molecule has 0 spiro atoms. The summed E-state index contributed by atoms with van der Waals surface area (Å²) in [4.78, 5) is 16.6. The van der Waals surface area contributed by atoms with E-state index < -0.39 is 0 Å². The predicted molar refractivity (Wildman–Crippen MR) is 77.5 cm³/mol. The molecule has 0 bridgehead atoms. The Balaban J connectivity index is 1.79. The third-order valence-electron chi connectivity index (χ3n) is 4.41. The van der Waals surface area contributed by atoms with Gasteiger partial charge >= 0.3 is 0 Å². The monoisotopic (exact) mass is 284 g/mol. The van der Waals surface area contributed by atoms with Crippen molar-refractivity contribution in [3.05, 3.63) is 0 Å². The van der Waals surface area contributed by atoms with Gasteiger partial charge in [0.2, 0.25) is 0 Å². The molecule has 1 unspecified atom stereocenters. The maximum Gasteiger partial charge on any atom is 0.251 e. The van der Waals surface area contributed by atoms with E-state index in [1.807, 2.05) is 11.8 Å². The van der Waals surface area contributed by atoms with Crippen LogP contribution in [0.1, 0.15) is 39.0 Å². The smallest absolute Gasteiger partial charge is 0.251 e. The number of hydrogen-bond donors (Lipinski definition) is 1. The summed E-state index contributed by atoms with van der Waals surface area (Å²) in [6.07, 6.45) is 5.46. The van der Waals surface area contributed by atoms with Gasteiger partial charge < -0.3 is 14.7 Å². The maximum atomic E-state index is 12.5. The number of β-amino-alcohol motifs (C(OH)–C–C–N with tert-alkyl or cyclic N) is 1. The van der Waals surface area contributed by atoms with E-state index >= 15 is 0 Å². The molecule has 1 aliphatic carbocycles. The number of aliphatic hydroxyl groups excluding tert-OH is 1. The molecule has 1 saturated heterocycles. The zero-order valence-electron chi connectivity index (χ0n) is 12.6. The Bertz CT molecular complexity index is 297. The number of carbonyl (C=O) groups excluding carboxylic acids is 1. The largest absolute Gasteiger partial charge is 0.395 e. The van der Waals surface area contributed by atoms with E-state index in [9.17, 15) is 4.79 Å². The average molecular weight is 284 g/mol. The quantitative estimate of drug-likeness (QED) is 0.786. The van der Waals surface area contributed by atoms with Crippen molar-refractivity contribution in [2.75, 3.05) is 39.3 Å². The summed E-state index contributed by atoms with van der Waals surface area (Å²) in [5.41, 5.74) is 0. The lowest BCUT2D eigenvalue weighted by molar-refractivity contribution is -0.149. The van der Waals surface area contributed by atoms with Gasteiger partial charge in [0.05, 0.1) is 12.7 Å². The lowest BCUT2D eigenvalue weighted by Gasteiger charge is -2.36. The first-order valence-corrected chi connectivity index (χ1v) is 8.02. The number of nitrogens with zero attached hydrogens (tertiary/aromatic N) is 2.